The van der Waals surface area contributed by atoms with Crippen LogP contribution in [0.2, 0.25) is 0 Å². The van der Waals surface area contributed by atoms with E-state index in [4.69, 9.17) is 19.9 Å². The predicted octanol–water partition coefficient (Wildman–Crippen LogP) is 1.47. The Kier molecular flexibility index (Phi) is 9.59. The summed E-state index contributed by atoms with van der Waals surface area (Å²) in [5.74, 6) is 0. The molecule has 22 heavy (non-hydrogen) atoms. The predicted molar refractivity (Wildman–Crippen MR) is 87.4 cm³/mol. The van der Waals surface area contributed by atoms with Crippen molar-refractivity contribution in [2.24, 2.45) is 5.50 Å². The van der Waals surface area contributed by atoms with Crippen LogP contribution in [-0.4, -0.2) is 46.9 Å². The van der Waals surface area contributed by atoms with Gasteiger partial charge in [-0.25, -0.2) is 5.09 Å². The third-order valence-corrected chi connectivity index (χ3v) is 6.26. The minimum atomic E-state index is -3.63. The van der Waals surface area contributed by atoms with E-state index < -0.39 is 26.4 Å². The topological polar surface area (TPSA) is 131 Å². The molecule has 134 valence electrons. The molecule has 0 aliphatic carbocycles. The normalized spacial score (nSPS) is 17.2. The highest BCUT2D eigenvalue weighted by Gasteiger charge is 2.35. The average Bonchev–Trinajstić information content (AvgIpc) is 2.29. The smallest absolute Gasteiger partial charge is 0.270 e. The molecule has 0 aromatic carbocycles. The van der Waals surface area contributed by atoms with Gasteiger partial charge in [-0.15, -0.1) is 0 Å². The van der Waals surface area contributed by atoms with Gasteiger partial charge in [0.15, 0.2) is 0 Å². The lowest BCUT2D eigenvalue weighted by molar-refractivity contribution is 0.0389. The number of nitrogens with two attached hydrogens (primary N) is 1. The van der Waals surface area contributed by atoms with Gasteiger partial charge in [0.1, 0.15) is 0 Å². The highest BCUT2D eigenvalue weighted by molar-refractivity contribution is 7.57. The minimum Gasteiger partial charge on any atom is -0.379 e. The Morgan fingerprint density at radius 3 is 1.95 bits per heavy atom. The van der Waals surface area contributed by atoms with E-state index >= 15 is 0 Å². The molecule has 0 aromatic heterocycles. The summed E-state index contributed by atoms with van der Waals surface area (Å²) < 4.78 is 32.9. The lowest BCUT2D eigenvalue weighted by Gasteiger charge is -2.26. The van der Waals surface area contributed by atoms with Crippen LogP contribution in [0.1, 0.15) is 40.5 Å². The zero-order valence-electron chi connectivity index (χ0n) is 13.8. The van der Waals surface area contributed by atoms with Gasteiger partial charge in [0, 0.05) is 18.8 Å². The summed E-state index contributed by atoms with van der Waals surface area (Å²) >= 11 is 0. The Hall–Kier alpha value is 0.220. The van der Waals surface area contributed by atoms with Gasteiger partial charge in [-0.3, -0.25) is 14.6 Å². The fourth-order valence-electron chi connectivity index (χ4n) is 1.48. The standard InChI is InChI=1S/C12H30N2O6P2/c1-11(2,14-21(15)16)5-7-19-9-10-20-8-6-12(3,4)22(13,17)18/h21H,5-10H2,1-4H3,(H3,13,17,18)(H2,14,15,16). The lowest BCUT2D eigenvalue weighted by Crippen LogP contribution is -2.35. The Labute approximate surface area is 133 Å². The van der Waals surface area contributed by atoms with Crippen LogP contribution in [0.3, 0.4) is 0 Å². The van der Waals surface area contributed by atoms with Crippen LogP contribution in [0.5, 0.6) is 0 Å². The second-order valence-electron chi connectivity index (χ2n) is 6.47. The highest BCUT2D eigenvalue weighted by Crippen LogP contribution is 2.48. The van der Waals surface area contributed by atoms with Gasteiger partial charge in [-0.2, -0.15) is 0 Å². The third-order valence-electron chi connectivity index (χ3n) is 3.41. The van der Waals surface area contributed by atoms with Gasteiger partial charge in [-0.1, -0.05) is 0 Å². The monoisotopic (exact) mass is 360 g/mol. The zero-order valence-corrected chi connectivity index (χ0v) is 15.7. The molecule has 0 saturated carbocycles. The molecule has 0 fully saturated rings. The maximum absolute atomic E-state index is 11.4. The quantitative estimate of drug-likeness (QED) is 0.304. The van der Waals surface area contributed by atoms with E-state index in [0.717, 1.165) is 0 Å². The molecule has 8 nitrogen and oxygen atoms in total. The molecule has 0 aliphatic heterocycles. The number of nitrogens with one attached hydrogen (secondary N) is 1. The van der Waals surface area contributed by atoms with E-state index in [9.17, 15) is 14.0 Å². The van der Waals surface area contributed by atoms with Crippen LogP contribution in [-0.2, 0) is 18.6 Å². The van der Waals surface area contributed by atoms with Crippen molar-refractivity contribution < 1.29 is 28.4 Å². The summed E-state index contributed by atoms with van der Waals surface area (Å²) in [5.41, 5.74) is 4.80. The molecule has 0 spiro atoms. The first-order valence-corrected chi connectivity index (χ1v) is 10.2. The van der Waals surface area contributed by atoms with Gasteiger partial charge in [-0.05, 0) is 40.5 Å². The van der Waals surface area contributed by atoms with Crippen molar-refractivity contribution in [3.8, 4) is 0 Å². The Morgan fingerprint density at radius 1 is 1.09 bits per heavy atom. The molecule has 10 heteroatoms. The molecule has 0 heterocycles. The average molecular weight is 360 g/mol. The van der Waals surface area contributed by atoms with Crippen LogP contribution in [0.15, 0.2) is 0 Å². The van der Waals surface area contributed by atoms with E-state index in [1.165, 1.54) is 0 Å². The van der Waals surface area contributed by atoms with Crippen molar-refractivity contribution in [3.63, 3.8) is 0 Å². The van der Waals surface area contributed by atoms with E-state index in [-0.39, 0.29) is 0 Å². The summed E-state index contributed by atoms with van der Waals surface area (Å²) in [7, 11) is -6.33. The van der Waals surface area contributed by atoms with Gasteiger partial charge >= 0.3 is 0 Å². The van der Waals surface area contributed by atoms with Crippen molar-refractivity contribution in [1.29, 1.82) is 0 Å². The molecule has 2 unspecified atom stereocenters. The molecule has 0 aromatic rings. The number of ether oxygens (including phenoxy) is 2. The first-order valence-electron chi connectivity index (χ1n) is 7.15. The van der Waals surface area contributed by atoms with Gasteiger partial charge in [0.05, 0.1) is 18.4 Å². The molecule has 2 atom stereocenters. The Bertz CT molecular complexity index is 397. The molecule has 0 saturated heterocycles. The SMILES string of the molecule is CC(C)(CCOCCOCCC(C)(C)P(N)(=O)O)N[PH](=O)O. The second kappa shape index (κ2) is 9.50. The molecule has 0 radical (unpaired) electrons. The van der Waals surface area contributed by atoms with Crippen LogP contribution < -0.4 is 10.6 Å². The van der Waals surface area contributed by atoms with Crippen molar-refractivity contribution in [1.82, 2.24) is 5.09 Å². The fourth-order valence-corrected chi connectivity index (χ4v) is 2.60. The van der Waals surface area contributed by atoms with E-state index in [2.05, 4.69) is 5.09 Å². The van der Waals surface area contributed by atoms with Gasteiger partial charge in [0.2, 0.25) is 0 Å². The van der Waals surface area contributed by atoms with Crippen molar-refractivity contribution >= 4 is 15.7 Å². The van der Waals surface area contributed by atoms with Crippen LogP contribution >= 0.6 is 15.7 Å². The van der Waals surface area contributed by atoms with Crippen molar-refractivity contribution in [2.45, 2.75) is 51.2 Å². The summed E-state index contributed by atoms with van der Waals surface area (Å²) in [6.45, 7) is 8.47. The highest BCUT2D eigenvalue weighted by atomic mass is 31.2. The van der Waals surface area contributed by atoms with Crippen LogP contribution in [0.25, 0.3) is 0 Å². The first kappa shape index (κ1) is 22.2. The largest absolute Gasteiger partial charge is 0.379 e. The summed E-state index contributed by atoms with van der Waals surface area (Å²) in [6, 6.07) is 0. The minimum absolute atomic E-state index is 0.331. The number of hydrogen-bond acceptors (Lipinski definition) is 4. The zero-order chi connectivity index (χ0) is 17.4. The molecular formula is C12H30N2O6P2. The van der Waals surface area contributed by atoms with Crippen molar-refractivity contribution in [2.75, 3.05) is 26.4 Å². The lowest BCUT2D eigenvalue weighted by atomic mass is 10.0. The summed E-state index contributed by atoms with van der Waals surface area (Å²) in [5, 5.41) is 1.72. The van der Waals surface area contributed by atoms with Gasteiger partial charge < -0.3 is 19.3 Å². The first-order chi connectivity index (χ1) is 9.87. The molecule has 5 N–H and O–H groups in total. The van der Waals surface area contributed by atoms with Gasteiger partial charge in [0.25, 0.3) is 15.7 Å². The Morgan fingerprint density at radius 2 is 1.55 bits per heavy atom. The van der Waals surface area contributed by atoms with Crippen molar-refractivity contribution in [3.05, 3.63) is 0 Å². The fraction of sp³-hybridized carbons (Fsp3) is 1.00. The number of rotatable bonds is 12. The molecule has 0 bridgehead atoms. The van der Waals surface area contributed by atoms with Crippen LogP contribution in [0.4, 0.5) is 0 Å². The maximum Gasteiger partial charge on any atom is 0.270 e. The third kappa shape index (κ3) is 10.1. The molecule has 0 amide bonds. The van der Waals surface area contributed by atoms with E-state index in [1.807, 2.05) is 13.8 Å². The molecule has 0 rings (SSSR count). The van der Waals surface area contributed by atoms with Crippen LogP contribution in [0, 0.1) is 0 Å². The van der Waals surface area contributed by atoms with E-state index in [1.54, 1.807) is 13.8 Å². The maximum atomic E-state index is 11.4. The Balaban J connectivity index is 3.68. The summed E-state index contributed by atoms with van der Waals surface area (Å²) in [6.07, 6.45) is 0.983. The van der Waals surface area contributed by atoms with E-state index in [0.29, 0.717) is 39.3 Å². The molecular weight excluding hydrogens is 330 g/mol. The summed E-state index contributed by atoms with van der Waals surface area (Å²) in [4.78, 5) is 18.2. The second-order valence-corrected chi connectivity index (χ2v) is 9.79. The number of hydrogen-bond donors (Lipinski definition) is 4. The molecule has 0 aliphatic rings.